The van der Waals surface area contributed by atoms with Crippen molar-refractivity contribution >= 4 is 33.2 Å². The maximum atomic E-state index is 12.1. The summed E-state index contributed by atoms with van der Waals surface area (Å²) in [5, 5.41) is 3.90. The molecule has 0 fully saturated rings. The summed E-state index contributed by atoms with van der Waals surface area (Å²) in [5.41, 5.74) is -0.208. The molecule has 0 saturated heterocycles. The minimum atomic E-state index is -3.65. The van der Waals surface area contributed by atoms with E-state index in [0.29, 0.717) is 12.4 Å². The van der Waals surface area contributed by atoms with Crippen molar-refractivity contribution in [2.75, 3.05) is 12.4 Å². The summed E-state index contributed by atoms with van der Waals surface area (Å²) < 4.78 is 28.0. The van der Waals surface area contributed by atoms with Crippen LogP contribution in [0.15, 0.2) is 11.2 Å². The number of halogens is 2. The Bertz CT molecular complexity index is 492. The molecule has 0 radical (unpaired) electrons. The van der Waals surface area contributed by atoms with Gasteiger partial charge in [0.25, 0.3) is 10.0 Å². The number of aryl methyl sites for hydroxylation is 1. The minimum Gasteiger partial charge on any atom is -0.255 e. The third kappa shape index (κ3) is 3.85. The Hall–Kier alpha value is -0.300. The molecule has 0 amide bonds. The van der Waals surface area contributed by atoms with E-state index in [1.165, 1.54) is 17.9 Å². The van der Waals surface area contributed by atoms with Crippen LogP contribution in [-0.4, -0.2) is 30.6 Å². The molecule has 1 aromatic rings. The fourth-order valence-electron chi connectivity index (χ4n) is 1.40. The van der Waals surface area contributed by atoms with Crippen LogP contribution in [0.5, 0.6) is 0 Å². The van der Waals surface area contributed by atoms with Crippen LogP contribution in [0, 0.1) is 5.41 Å². The quantitative estimate of drug-likeness (QED) is 0.817. The molecule has 0 aliphatic carbocycles. The summed E-state index contributed by atoms with van der Waals surface area (Å²) in [6.45, 7) is 4.19. The standard InChI is InChI=1S/C10H17Cl2N3O2S/c1-10(2,4-5-11)7-14-18(16,17)9-8(12)6-13-15(9)3/h6,14H,4-5,7H2,1-3H3. The Kier molecular flexibility index (Phi) is 5.05. The first-order valence-corrected chi connectivity index (χ1v) is 7.82. The Balaban J connectivity index is 2.84. The number of rotatable bonds is 6. The molecule has 1 aromatic heterocycles. The second-order valence-electron chi connectivity index (χ2n) is 4.85. The first-order valence-electron chi connectivity index (χ1n) is 5.43. The molecular weight excluding hydrogens is 297 g/mol. The van der Waals surface area contributed by atoms with E-state index in [2.05, 4.69) is 9.82 Å². The number of nitrogens with one attached hydrogen (secondary N) is 1. The van der Waals surface area contributed by atoms with E-state index >= 15 is 0 Å². The van der Waals surface area contributed by atoms with Gasteiger partial charge in [0.1, 0.15) is 0 Å². The smallest absolute Gasteiger partial charge is 0.255 e. The topological polar surface area (TPSA) is 64.0 Å². The first-order chi connectivity index (χ1) is 8.19. The largest absolute Gasteiger partial charge is 0.259 e. The summed E-state index contributed by atoms with van der Waals surface area (Å²) >= 11 is 11.5. The van der Waals surface area contributed by atoms with Crippen molar-refractivity contribution in [2.45, 2.75) is 25.3 Å². The van der Waals surface area contributed by atoms with E-state index in [1.54, 1.807) is 0 Å². The lowest BCUT2D eigenvalue weighted by atomic mass is 9.91. The highest BCUT2D eigenvalue weighted by Crippen LogP contribution is 2.23. The third-order valence-corrected chi connectivity index (χ3v) is 4.70. The number of alkyl halides is 1. The molecule has 18 heavy (non-hydrogen) atoms. The number of hydrogen-bond donors (Lipinski definition) is 1. The molecule has 0 saturated carbocycles. The van der Waals surface area contributed by atoms with Crippen molar-refractivity contribution in [3.63, 3.8) is 0 Å². The van der Waals surface area contributed by atoms with E-state index in [1.807, 2.05) is 13.8 Å². The van der Waals surface area contributed by atoms with Crippen LogP contribution >= 0.6 is 23.2 Å². The Morgan fingerprint density at radius 1 is 1.50 bits per heavy atom. The summed E-state index contributed by atoms with van der Waals surface area (Å²) in [6, 6.07) is 0. The van der Waals surface area contributed by atoms with Crippen molar-refractivity contribution in [2.24, 2.45) is 12.5 Å². The zero-order valence-electron chi connectivity index (χ0n) is 10.6. The van der Waals surface area contributed by atoms with Crippen LogP contribution in [0.4, 0.5) is 0 Å². The van der Waals surface area contributed by atoms with Crippen LogP contribution < -0.4 is 4.72 Å². The van der Waals surface area contributed by atoms with Crippen LogP contribution in [0.1, 0.15) is 20.3 Å². The Morgan fingerprint density at radius 3 is 2.56 bits per heavy atom. The lowest BCUT2D eigenvalue weighted by Crippen LogP contribution is -2.35. The van der Waals surface area contributed by atoms with Gasteiger partial charge < -0.3 is 0 Å². The second kappa shape index (κ2) is 5.77. The van der Waals surface area contributed by atoms with Gasteiger partial charge in [0, 0.05) is 19.5 Å². The molecule has 0 aliphatic rings. The first kappa shape index (κ1) is 15.8. The van der Waals surface area contributed by atoms with Gasteiger partial charge >= 0.3 is 0 Å². The van der Waals surface area contributed by atoms with E-state index in [0.717, 1.165) is 6.42 Å². The molecule has 1 rings (SSSR count). The maximum Gasteiger partial charge on any atom is 0.259 e. The maximum absolute atomic E-state index is 12.1. The summed E-state index contributed by atoms with van der Waals surface area (Å²) in [6.07, 6.45) is 2.02. The van der Waals surface area contributed by atoms with Gasteiger partial charge in [-0.05, 0) is 11.8 Å². The number of hydrogen-bond acceptors (Lipinski definition) is 3. The fourth-order valence-corrected chi connectivity index (χ4v) is 3.81. The monoisotopic (exact) mass is 313 g/mol. The molecule has 8 heteroatoms. The number of nitrogens with zero attached hydrogens (tertiary/aromatic N) is 2. The molecule has 0 spiro atoms. The van der Waals surface area contributed by atoms with Crippen LogP contribution in [0.3, 0.4) is 0 Å². The van der Waals surface area contributed by atoms with Gasteiger partial charge in [-0.15, -0.1) is 11.6 Å². The zero-order valence-corrected chi connectivity index (χ0v) is 12.9. The molecule has 1 N–H and O–H groups in total. The minimum absolute atomic E-state index is 0.0224. The molecule has 0 aliphatic heterocycles. The predicted molar refractivity (Wildman–Crippen MR) is 72.5 cm³/mol. The zero-order chi connectivity index (χ0) is 14.0. The Labute approximate surface area is 118 Å². The third-order valence-electron chi connectivity index (χ3n) is 2.61. The van der Waals surface area contributed by atoms with Crippen molar-refractivity contribution in [1.82, 2.24) is 14.5 Å². The van der Waals surface area contributed by atoms with Crippen molar-refractivity contribution in [1.29, 1.82) is 0 Å². The highest BCUT2D eigenvalue weighted by atomic mass is 35.5. The van der Waals surface area contributed by atoms with Crippen LogP contribution in [0.2, 0.25) is 5.02 Å². The molecule has 0 bridgehead atoms. The van der Waals surface area contributed by atoms with Gasteiger partial charge in [0.05, 0.1) is 11.2 Å². The molecule has 0 unspecified atom stereocenters. The average Bonchev–Trinajstić information content (AvgIpc) is 2.56. The second-order valence-corrected chi connectivity index (χ2v) is 7.32. The normalized spacial score (nSPS) is 12.9. The van der Waals surface area contributed by atoms with Gasteiger partial charge in [0.2, 0.25) is 0 Å². The van der Waals surface area contributed by atoms with Crippen LogP contribution in [-0.2, 0) is 17.1 Å². The van der Waals surface area contributed by atoms with Gasteiger partial charge in [-0.3, -0.25) is 4.68 Å². The summed E-state index contributed by atoms with van der Waals surface area (Å²) in [4.78, 5) is 0. The SMILES string of the molecule is Cn1ncc(Cl)c1S(=O)(=O)NCC(C)(C)CCCl. The van der Waals surface area contributed by atoms with E-state index in [-0.39, 0.29) is 15.5 Å². The lowest BCUT2D eigenvalue weighted by Gasteiger charge is -2.23. The lowest BCUT2D eigenvalue weighted by molar-refractivity contribution is 0.352. The Morgan fingerprint density at radius 2 is 2.11 bits per heavy atom. The number of aromatic nitrogens is 2. The van der Waals surface area contributed by atoms with Gasteiger partial charge in [-0.1, -0.05) is 25.4 Å². The highest BCUT2D eigenvalue weighted by Gasteiger charge is 2.26. The van der Waals surface area contributed by atoms with Gasteiger partial charge in [0.15, 0.2) is 5.03 Å². The summed E-state index contributed by atoms with van der Waals surface area (Å²) in [5.74, 6) is 0.487. The van der Waals surface area contributed by atoms with E-state index in [4.69, 9.17) is 23.2 Å². The van der Waals surface area contributed by atoms with E-state index < -0.39 is 10.0 Å². The molecule has 5 nitrogen and oxygen atoms in total. The predicted octanol–water partition coefficient (Wildman–Crippen LogP) is 2.01. The fraction of sp³-hybridized carbons (Fsp3) is 0.700. The molecule has 0 atom stereocenters. The van der Waals surface area contributed by atoms with Crippen molar-refractivity contribution in [3.05, 3.63) is 11.2 Å². The van der Waals surface area contributed by atoms with Crippen molar-refractivity contribution in [3.8, 4) is 0 Å². The highest BCUT2D eigenvalue weighted by molar-refractivity contribution is 7.89. The average molecular weight is 314 g/mol. The molecule has 0 aromatic carbocycles. The van der Waals surface area contributed by atoms with E-state index in [9.17, 15) is 8.42 Å². The van der Waals surface area contributed by atoms with Crippen molar-refractivity contribution < 1.29 is 8.42 Å². The van der Waals surface area contributed by atoms with Gasteiger partial charge in [-0.25, -0.2) is 13.1 Å². The molecule has 104 valence electrons. The number of sulfonamides is 1. The molecule has 1 heterocycles. The van der Waals surface area contributed by atoms with Crippen LogP contribution in [0.25, 0.3) is 0 Å². The summed E-state index contributed by atoms with van der Waals surface area (Å²) in [7, 11) is -2.12. The van der Waals surface area contributed by atoms with Gasteiger partial charge in [-0.2, -0.15) is 5.10 Å². The molecular formula is C10H17Cl2N3O2S.